The van der Waals surface area contributed by atoms with Crippen LogP contribution in [0.5, 0.6) is 0 Å². The van der Waals surface area contributed by atoms with Gasteiger partial charge >= 0.3 is 6.09 Å². The molecule has 2 fully saturated rings. The second-order valence-corrected chi connectivity index (χ2v) is 7.31. The minimum absolute atomic E-state index is 0.193. The molecule has 2 aliphatic rings. The maximum Gasteiger partial charge on any atom is 0.410 e. The SMILES string of the molecule is CC(C)(C)OC(=O)N1CCC[C@@H]([C@@]2(c3ccccc3)CO2)C1. The zero-order valence-electron chi connectivity index (χ0n) is 13.7. The van der Waals surface area contributed by atoms with E-state index in [2.05, 4.69) is 12.1 Å². The highest BCUT2D eigenvalue weighted by atomic mass is 16.6. The number of piperidine rings is 1. The van der Waals surface area contributed by atoms with Crippen molar-refractivity contribution in [2.75, 3.05) is 19.7 Å². The third-order valence-electron chi connectivity index (χ3n) is 4.45. The molecule has 3 rings (SSSR count). The number of amides is 1. The van der Waals surface area contributed by atoms with Gasteiger partial charge in [0.25, 0.3) is 0 Å². The normalized spacial score (nSPS) is 28.3. The molecule has 1 aromatic carbocycles. The Hall–Kier alpha value is -1.55. The molecular formula is C18H25NO3. The third kappa shape index (κ3) is 3.12. The standard InChI is InChI=1S/C18H25NO3/c1-17(2,3)22-16(20)19-11-7-10-15(12-19)18(13-21-18)14-8-5-4-6-9-14/h4-6,8-9,15H,7,10-13H2,1-3H3/t15-,18+/m1/s1. The summed E-state index contributed by atoms with van der Waals surface area (Å²) >= 11 is 0. The van der Waals surface area contributed by atoms with Crippen LogP contribution in [0.2, 0.25) is 0 Å². The first kappa shape index (κ1) is 15.3. The van der Waals surface area contributed by atoms with Gasteiger partial charge < -0.3 is 14.4 Å². The number of carbonyl (C=O) groups excluding carboxylic acids is 1. The monoisotopic (exact) mass is 303 g/mol. The molecule has 0 aromatic heterocycles. The Balaban J connectivity index is 1.70. The van der Waals surface area contributed by atoms with Gasteiger partial charge in [-0.25, -0.2) is 4.79 Å². The van der Waals surface area contributed by atoms with Crippen molar-refractivity contribution in [2.24, 2.45) is 5.92 Å². The van der Waals surface area contributed by atoms with Crippen LogP contribution in [0.1, 0.15) is 39.2 Å². The van der Waals surface area contributed by atoms with Gasteiger partial charge in [-0.3, -0.25) is 0 Å². The van der Waals surface area contributed by atoms with Gasteiger partial charge in [0.2, 0.25) is 0 Å². The number of carbonyl (C=O) groups is 1. The zero-order chi connectivity index (χ0) is 15.8. The quantitative estimate of drug-likeness (QED) is 0.785. The van der Waals surface area contributed by atoms with Gasteiger partial charge in [0.05, 0.1) is 6.61 Å². The first-order valence-electron chi connectivity index (χ1n) is 8.08. The van der Waals surface area contributed by atoms with E-state index in [0.29, 0.717) is 12.5 Å². The number of nitrogens with zero attached hydrogens (tertiary/aromatic N) is 1. The molecular weight excluding hydrogens is 278 g/mol. The van der Waals surface area contributed by atoms with Crippen LogP contribution in [0.25, 0.3) is 0 Å². The summed E-state index contributed by atoms with van der Waals surface area (Å²) in [7, 11) is 0. The van der Waals surface area contributed by atoms with Crippen molar-refractivity contribution in [3.8, 4) is 0 Å². The predicted octanol–water partition coefficient (Wildman–Crippen LogP) is 3.56. The van der Waals surface area contributed by atoms with Gasteiger partial charge in [-0.2, -0.15) is 0 Å². The molecule has 4 heteroatoms. The van der Waals surface area contributed by atoms with Crippen molar-refractivity contribution in [2.45, 2.75) is 44.8 Å². The van der Waals surface area contributed by atoms with E-state index < -0.39 is 5.60 Å². The van der Waals surface area contributed by atoms with Crippen LogP contribution in [0.3, 0.4) is 0 Å². The number of epoxide rings is 1. The number of hydrogen-bond acceptors (Lipinski definition) is 3. The molecule has 0 N–H and O–H groups in total. The smallest absolute Gasteiger partial charge is 0.410 e. The Labute approximate surface area is 132 Å². The van der Waals surface area contributed by atoms with E-state index in [-0.39, 0.29) is 11.7 Å². The predicted molar refractivity (Wildman–Crippen MR) is 84.6 cm³/mol. The van der Waals surface area contributed by atoms with Gasteiger partial charge in [-0.15, -0.1) is 0 Å². The fourth-order valence-electron chi connectivity index (χ4n) is 3.29. The lowest BCUT2D eigenvalue weighted by molar-refractivity contribution is 0.0105. The summed E-state index contributed by atoms with van der Waals surface area (Å²) < 4.78 is 11.4. The van der Waals surface area contributed by atoms with Crippen LogP contribution in [0.15, 0.2) is 30.3 Å². The molecule has 0 spiro atoms. The first-order chi connectivity index (χ1) is 10.4. The van der Waals surface area contributed by atoms with Crippen LogP contribution in [0, 0.1) is 5.92 Å². The summed E-state index contributed by atoms with van der Waals surface area (Å²) in [5.74, 6) is 0.344. The minimum atomic E-state index is -0.447. The molecule has 4 nitrogen and oxygen atoms in total. The van der Waals surface area contributed by atoms with E-state index in [1.165, 1.54) is 5.56 Å². The second-order valence-electron chi connectivity index (χ2n) is 7.31. The van der Waals surface area contributed by atoms with Crippen LogP contribution >= 0.6 is 0 Å². The molecule has 0 bridgehead atoms. The van der Waals surface area contributed by atoms with Crippen molar-refractivity contribution < 1.29 is 14.3 Å². The van der Waals surface area contributed by atoms with Crippen molar-refractivity contribution in [1.29, 1.82) is 0 Å². The molecule has 0 aliphatic carbocycles. The Morgan fingerprint density at radius 1 is 1.32 bits per heavy atom. The summed E-state index contributed by atoms with van der Waals surface area (Å²) in [4.78, 5) is 14.1. The maximum atomic E-state index is 12.3. The molecule has 1 amide bonds. The Morgan fingerprint density at radius 2 is 2.00 bits per heavy atom. The van der Waals surface area contributed by atoms with E-state index in [1.807, 2.05) is 43.9 Å². The van der Waals surface area contributed by atoms with E-state index in [9.17, 15) is 4.79 Å². The van der Waals surface area contributed by atoms with Gasteiger partial charge in [-0.1, -0.05) is 30.3 Å². The van der Waals surface area contributed by atoms with E-state index in [1.54, 1.807) is 0 Å². The molecule has 22 heavy (non-hydrogen) atoms. The van der Waals surface area contributed by atoms with Crippen LogP contribution < -0.4 is 0 Å². The lowest BCUT2D eigenvalue weighted by atomic mass is 9.81. The van der Waals surface area contributed by atoms with E-state index in [0.717, 1.165) is 26.0 Å². The summed E-state index contributed by atoms with van der Waals surface area (Å²) in [6.45, 7) is 7.95. The molecule has 120 valence electrons. The van der Waals surface area contributed by atoms with Crippen molar-refractivity contribution >= 4 is 6.09 Å². The lowest BCUT2D eigenvalue weighted by Gasteiger charge is -2.36. The highest BCUT2D eigenvalue weighted by Gasteiger charge is 2.54. The Kier molecular flexibility index (Phi) is 3.89. The molecule has 2 heterocycles. The summed E-state index contributed by atoms with van der Waals surface area (Å²) in [6, 6.07) is 10.4. The molecule has 0 unspecified atom stereocenters. The first-order valence-corrected chi connectivity index (χ1v) is 8.08. The molecule has 2 atom stereocenters. The van der Waals surface area contributed by atoms with Gasteiger partial charge in [0, 0.05) is 19.0 Å². The van der Waals surface area contributed by atoms with Crippen molar-refractivity contribution in [3.63, 3.8) is 0 Å². The largest absolute Gasteiger partial charge is 0.444 e. The average Bonchev–Trinajstić information content (AvgIpc) is 3.28. The average molecular weight is 303 g/mol. The van der Waals surface area contributed by atoms with Gasteiger partial charge in [0.1, 0.15) is 11.2 Å². The molecule has 0 radical (unpaired) electrons. The summed E-state index contributed by atoms with van der Waals surface area (Å²) in [5, 5.41) is 0. The van der Waals surface area contributed by atoms with E-state index in [4.69, 9.17) is 9.47 Å². The van der Waals surface area contributed by atoms with E-state index >= 15 is 0 Å². The fraction of sp³-hybridized carbons (Fsp3) is 0.611. The van der Waals surface area contributed by atoms with Crippen molar-refractivity contribution in [3.05, 3.63) is 35.9 Å². The fourth-order valence-corrected chi connectivity index (χ4v) is 3.29. The lowest BCUT2D eigenvalue weighted by Crippen LogP contribution is -2.46. The third-order valence-corrected chi connectivity index (χ3v) is 4.45. The van der Waals surface area contributed by atoms with Gasteiger partial charge in [-0.05, 0) is 39.2 Å². The Bertz CT molecular complexity index is 531. The highest BCUT2D eigenvalue weighted by Crippen LogP contribution is 2.48. The second kappa shape index (κ2) is 5.58. The number of ether oxygens (including phenoxy) is 2. The molecule has 0 saturated carbocycles. The number of likely N-dealkylation sites (tertiary alicyclic amines) is 1. The molecule has 2 aliphatic heterocycles. The van der Waals surface area contributed by atoms with Gasteiger partial charge in [0.15, 0.2) is 0 Å². The number of rotatable bonds is 2. The topological polar surface area (TPSA) is 42.1 Å². The zero-order valence-corrected chi connectivity index (χ0v) is 13.7. The van der Waals surface area contributed by atoms with Crippen LogP contribution in [-0.4, -0.2) is 36.3 Å². The summed E-state index contributed by atoms with van der Waals surface area (Å²) in [6.07, 6.45) is 1.89. The highest BCUT2D eigenvalue weighted by molar-refractivity contribution is 5.68. The minimum Gasteiger partial charge on any atom is -0.444 e. The van der Waals surface area contributed by atoms with Crippen LogP contribution in [-0.2, 0) is 15.1 Å². The number of hydrogen-bond donors (Lipinski definition) is 0. The summed E-state index contributed by atoms with van der Waals surface area (Å²) in [5.41, 5.74) is 0.588. The van der Waals surface area contributed by atoms with Crippen molar-refractivity contribution in [1.82, 2.24) is 4.90 Å². The maximum absolute atomic E-state index is 12.3. The number of benzene rings is 1. The van der Waals surface area contributed by atoms with Crippen LogP contribution in [0.4, 0.5) is 4.79 Å². The molecule has 1 aromatic rings. The molecule has 2 saturated heterocycles. The Morgan fingerprint density at radius 3 is 2.59 bits per heavy atom.